The summed E-state index contributed by atoms with van der Waals surface area (Å²) in [6, 6.07) is 16.7. The van der Waals surface area contributed by atoms with Crippen LogP contribution < -0.4 is 10.3 Å². The molecular formula is C22H21N3O3. The Kier molecular flexibility index (Phi) is 5.97. The summed E-state index contributed by atoms with van der Waals surface area (Å²) in [5, 5.41) is 13.2. The van der Waals surface area contributed by atoms with E-state index in [1.807, 2.05) is 42.5 Å². The quantitative estimate of drug-likeness (QED) is 0.377. The number of benzene rings is 2. The molecule has 0 spiro atoms. The molecule has 6 nitrogen and oxygen atoms in total. The topological polar surface area (TPSA) is 79.6 Å². The van der Waals surface area contributed by atoms with Crippen molar-refractivity contribution >= 4 is 11.4 Å². The third-order valence-corrected chi connectivity index (χ3v) is 4.12. The molecule has 142 valence electrons. The highest BCUT2D eigenvalue weighted by Gasteiger charge is 2.17. The second-order valence-electron chi connectivity index (χ2n) is 6.21. The van der Waals surface area contributed by atoms with Crippen LogP contribution in [0.3, 0.4) is 0 Å². The highest BCUT2D eigenvalue weighted by atomic mass is 16.5. The number of rotatable bonds is 7. The van der Waals surface area contributed by atoms with Crippen molar-refractivity contribution in [1.82, 2.24) is 9.78 Å². The Morgan fingerprint density at radius 1 is 1.25 bits per heavy atom. The molecule has 1 heterocycles. The molecule has 0 saturated heterocycles. The van der Waals surface area contributed by atoms with Crippen molar-refractivity contribution in [3.05, 3.63) is 76.1 Å². The van der Waals surface area contributed by atoms with E-state index in [0.29, 0.717) is 36.7 Å². The van der Waals surface area contributed by atoms with Gasteiger partial charge in [-0.3, -0.25) is 14.9 Å². The van der Waals surface area contributed by atoms with E-state index in [-0.39, 0.29) is 11.4 Å². The summed E-state index contributed by atoms with van der Waals surface area (Å²) >= 11 is 0. The van der Waals surface area contributed by atoms with E-state index in [4.69, 9.17) is 11.2 Å². The Hall–Kier alpha value is -3.72. The second-order valence-corrected chi connectivity index (χ2v) is 6.21. The first kappa shape index (κ1) is 19.1. The Morgan fingerprint density at radius 3 is 2.79 bits per heavy atom. The number of terminal acetylenes is 1. The molecule has 0 aliphatic heterocycles. The summed E-state index contributed by atoms with van der Waals surface area (Å²) in [6.07, 6.45) is 5.74. The van der Waals surface area contributed by atoms with Gasteiger partial charge in [0, 0.05) is 12.5 Å². The van der Waals surface area contributed by atoms with Crippen LogP contribution in [0.15, 0.2) is 64.4 Å². The Morgan fingerprint density at radius 2 is 2.04 bits per heavy atom. The first-order chi connectivity index (χ1) is 13.6. The molecule has 0 unspecified atom stereocenters. The van der Waals surface area contributed by atoms with Gasteiger partial charge in [0.05, 0.1) is 24.6 Å². The molecule has 0 aliphatic rings. The van der Waals surface area contributed by atoms with Gasteiger partial charge in [0.25, 0.3) is 5.56 Å². The zero-order valence-electron chi connectivity index (χ0n) is 15.6. The van der Waals surface area contributed by atoms with E-state index in [9.17, 15) is 9.90 Å². The largest absolute Gasteiger partial charge is 0.493 e. The van der Waals surface area contributed by atoms with Crippen LogP contribution in [0.5, 0.6) is 11.6 Å². The number of aromatic nitrogens is 2. The highest BCUT2D eigenvalue weighted by molar-refractivity contribution is 6.01. The first-order valence-electron chi connectivity index (χ1n) is 8.86. The molecule has 6 heteroatoms. The molecule has 0 aliphatic carbocycles. The van der Waals surface area contributed by atoms with Crippen molar-refractivity contribution in [2.45, 2.75) is 19.9 Å². The number of H-pyrrole nitrogens is 1. The number of aliphatic imine (C=N–C) groups is 1. The third kappa shape index (κ3) is 4.51. The zero-order chi connectivity index (χ0) is 19.9. The summed E-state index contributed by atoms with van der Waals surface area (Å²) in [5.74, 6) is 3.02. The molecule has 3 aromatic rings. The smallest absolute Gasteiger partial charge is 0.277 e. The lowest BCUT2D eigenvalue weighted by Crippen LogP contribution is -2.11. The van der Waals surface area contributed by atoms with Gasteiger partial charge in [0.2, 0.25) is 5.88 Å². The van der Waals surface area contributed by atoms with Gasteiger partial charge >= 0.3 is 0 Å². The Labute approximate surface area is 163 Å². The molecule has 28 heavy (non-hydrogen) atoms. The molecule has 1 aromatic heterocycles. The standard InChI is InChI=1S/C22H21N3O3/c1-3-4-13-28-19-12-8-11-18(14-19)23-16(2)20-21(26)24-25(22(20)27)15-17-9-6-5-7-10-17/h1,5-12,14,27H,4,13,15H2,2H3,(H,24,26). The van der Waals surface area contributed by atoms with Crippen molar-refractivity contribution in [1.29, 1.82) is 0 Å². The molecule has 0 radical (unpaired) electrons. The van der Waals surface area contributed by atoms with Crippen molar-refractivity contribution in [3.63, 3.8) is 0 Å². The molecule has 0 saturated carbocycles. The molecule has 0 amide bonds. The number of nitrogens with one attached hydrogen (secondary N) is 1. The fourth-order valence-corrected chi connectivity index (χ4v) is 2.79. The zero-order valence-corrected chi connectivity index (χ0v) is 15.6. The fraction of sp³-hybridized carbons (Fsp3) is 0.182. The van der Waals surface area contributed by atoms with Crippen LogP contribution in [0.25, 0.3) is 0 Å². The van der Waals surface area contributed by atoms with Crippen LogP contribution in [0.1, 0.15) is 24.5 Å². The minimum atomic E-state index is -0.392. The van der Waals surface area contributed by atoms with Crippen LogP contribution in [-0.2, 0) is 6.54 Å². The van der Waals surface area contributed by atoms with Gasteiger partial charge < -0.3 is 9.84 Å². The van der Waals surface area contributed by atoms with Gasteiger partial charge in [-0.05, 0) is 24.6 Å². The van der Waals surface area contributed by atoms with Crippen molar-refractivity contribution in [2.75, 3.05) is 6.61 Å². The molecular weight excluding hydrogens is 354 g/mol. The normalized spacial score (nSPS) is 11.2. The van der Waals surface area contributed by atoms with E-state index in [0.717, 1.165) is 5.56 Å². The Bertz CT molecular complexity index is 1070. The SMILES string of the molecule is C#CCCOc1cccc(N=C(C)c2c(O)n(Cc3ccccc3)[nH]c2=O)c1. The van der Waals surface area contributed by atoms with Gasteiger partial charge in [0.15, 0.2) is 0 Å². The monoisotopic (exact) mass is 375 g/mol. The number of hydrogen-bond acceptors (Lipinski definition) is 4. The van der Waals surface area contributed by atoms with E-state index >= 15 is 0 Å². The lowest BCUT2D eigenvalue weighted by atomic mass is 10.2. The fourth-order valence-electron chi connectivity index (χ4n) is 2.79. The van der Waals surface area contributed by atoms with Crippen LogP contribution in [-0.4, -0.2) is 27.2 Å². The van der Waals surface area contributed by atoms with E-state index < -0.39 is 5.56 Å². The van der Waals surface area contributed by atoms with Gasteiger partial charge in [-0.15, -0.1) is 12.3 Å². The lowest BCUT2D eigenvalue weighted by molar-refractivity contribution is 0.327. The number of aromatic amines is 1. The number of ether oxygens (including phenoxy) is 1. The molecule has 2 N–H and O–H groups in total. The number of aromatic hydroxyl groups is 1. The van der Waals surface area contributed by atoms with E-state index in [1.54, 1.807) is 19.1 Å². The maximum Gasteiger partial charge on any atom is 0.277 e. The molecule has 0 atom stereocenters. The van der Waals surface area contributed by atoms with Crippen LogP contribution in [0.4, 0.5) is 5.69 Å². The lowest BCUT2D eigenvalue weighted by Gasteiger charge is -2.06. The summed E-state index contributed by atoms with van der Waals surface area (Å²) in [4.78, 5) is 16.8. The number of hydrogen-bond donors (Lipinski definition) is 2. The van der Waals surface area contributed by atoms with Gasteiger partial charge in [-0.1, -0.05) is 36.4 Å². The molecule has 0 bridgehead atoms. The average molecular weight is 375 g/mol. The predicted molar refractivity (Wildman–Crippen MR) is 110 cm³/mol. The van der Waals surface area contributed by atoms with Crippen LogP contribution >= 0.6 is 0 Å². The van der Waals surface area contributed by atoms with Crippen molar-refractivity contribution < 1.29 is 9.84 Å². The van der Waals surface area contributed by atoms with Gasteiger partial charge in [-0.2, -0.15) is 0 Å². The second kappa shape index (κ2) is 8.78. The molecule has 0 fully saturated rings. The number of nitrogens with zero attached hydrogens (tertiary/aromatic N) is 2. The summed E-state index contributed by atoms with van der Waals surface area (Å²) in [6.45, 7) is 2.46. The summed E-state index contributed by atoms with van der Waals surface area (Å²) < 4.78 is 6.97. The summed E-state index contributed by atoms with van der Waals surface area (Å²) in [5.41, 5.74) is 1.74. The van der Waals surface area contributed by atoms with Gasteiger partial charge in [-0.25, -0.2) is 4.68 Å². The molecule has 3 rings (SSSR count). The van der Waals surface area contributed by atoms with Crippen LogP contribution in [0.2, 0.25) is 0 Å². The van der Waals surface area contributed by atoms with E-state index in [1.165, 1.54) is 4.68 Å². The van der Waals surface area contributed by atoms with Crippen molar-refractivity contribution in [2.24, 2.45) is 4.99 Å². The maximum atomic E-state index is 12.4. The maximum absolute atomic E-state index is 12.4. The van der Waals surface area contributed by atoms with Crippen molar-refractivity contribution in [3.8, 4) is 24.0 Å². The van der Waals surface area contributed by atoms with Gasteiger partial charge in [0.1, 0.15) is 11.3 Å². The average Bonchev–Trinajstić information content (AvgIpc) is 2.96. The third-order valence-electron chi connectivity index (χ3n) is 4.12. The summed E-state index contributed by atoms with van der Waals surface area (Å²) in [7, 11) is 0. The predicted octanol–water partition coefficient (Wildman–Crippen LogP) is 3.47. The highest BCUT2D eigenvalue weighted by Crippen LogP contribution is 2.23. The Balaban J connectivity index is 1.84. The minimum Gasteiger partial charge on any atom is -0.493 e. The minimum absolute atomic E-state index is 0.142. The van der Waals surface area contributed by atoms with E-state index in [2.05, 4.69) is 16.0 Å². The first-order valence-corrected chi connectivity index (χ1v) is 8.86. The van der Waals surface area contributed by atoms with Crippen LogP contribution in [0, 0.1) is 12.3 Å². The molecule has 2 aromatic carbocycles.